The Morgan fingerprint density at radius 1 is 0.305 bits per heavy atom. The Labute approximate surface area is 341 Å². The van der Waals surface area contributed by atoms with Crippen molar-refractivity contribution in [2.24, 2.45) is 0 Å². The molecule has 1 aromatic rings. The predicted octanol–water partition coefficient (Wildman–Crippen LogP) is 2.46. The van der Waals surface area contributed by atoms with E-state index in [1.165, 1.54) is 7.11 Å². The van der Waals surface area contributed by atoms with Crippen LogP contribution in [0.4, 0.5) is 22.0 Å². The number of carbonyl (C=O) groups is 2. The average Bonchev–Trinajstić information content (AvgIpc) is 3.24. The van der Waals surface area contributed by atoms with Gasteiger partial charge in [-0.25, -0.2) is 13.2 Å². The molecule has 0 atom stereocenters. The Morgan fingerprint density at radius 3 is 0.712 bits per heavy atom. The lowest BCUT2D eigenvalue weighted by molar-refractivity contribution is -0.142. The molecule has 0 aromatic heterocycles. The van der Waals surface area contributed by atoms with Crippen LogP contribution in [0.5, 0.6) is 5.75 Å². The third-order valence-electron chi connectivity index (χ3n) is 6.98. The van der Waals surface area contributed by atoms with E-state index in [0.29, 0.717) is 145 Å². The topological polar surface area (TPSA) is 173 Å². The maximum atomic E-state index is 13.6. The van der Waals surface area contributed by atoms with Crippen LogP contribution in [0.25, 0.3) is 0 Å². The highest BCUT2D eigenvalue weighted by Crippen LogP contribution is 2.29. The van der Waals surface area contributed by atoms with Crippen molar-refractivity contribution in [3.8, 4) is 5.75 Å². The molecule has 0 radical (unpaired) electrons. The monoisotopic (exact) mass is 870 g/mol. The van der Waals surface area contributed by atoms with Crippen LogP contribution in [-0.2, 0) is 75.9 Å². The molecule has 22 heteroatoms. The van der Waals surface area contributed by atoms with Crippen LogP contribution in [0.3, 0.4) is 0 Å². The Bertz CT molecular complexity index is 1160. The molecule has 0 fully saturated rings. The molecule has 0 aliphatic heterocycles. The minimum absolute atomic E-state index is 0.0735. The first-order valence-corrected chi connectivity index (χ1v) is 19.1. The molecule has 0 spiro atoms. The molecular formula is C37H59F5O17. The third kappa shape index (κ3) is 30.9. The second-order valence-corrected chi connectivity index (χ2v) is 11.4. The molecule has 0 amide bonds. The fourth-order valence-corrected chi connectivity index (χ4v) is 3.99. The van der Waals surface area contributed by atoms with Crippen molar-refractivity contribution >= 4 is 11.9 Å². The molecule has 1 rings (SSSR count). The molecule has 0 bridgehead atoms. The normalized spacial score (nSPS) is 11.4. The summed E-state index contributed by atoms with van der Waals surface area (Å²) in [5.41, 5.74) is 0. The quantitative estimate of drug-likeness (QED) is 0.0234. The molecule has 344 valence electrons. The molecule has 0 heterocycles. The van der Waals surface area contributed by atoms with Crippen molar-refractivity contribution in [3.05, 3.63) is 29.1 Å². The molecule has 0 saturated carbocycles. The van der Waals surface area contributed by atoms with Gasteiger partial charge in [-0.3, -0.25) is 9.59 Å². The number of hydrogen-bond acceptors (Lipinski definition) is 17. The van der Waals surface area contributed by atoms with E-state index in [4.69, 9.17) is 61.6 Å². The van der Waals surface area contributed by atoms with E-state index < -0.39 is 47.2 Å². The van der Waals surface area contributed by atoms with Gasteiger partial charge >= 0.3 is 11.9 Å². The van der Waals surface area contributed by atoms with Crippen LogP contribution in [0.1, 0.15) is 12.8 Å². The summed E-state index contributed by atoms with van der Waals surface area (Å²) in [5, 5.41) is 0. The van der Waals surface area contributed by atoms with E-state index in [0.717, 1.165) is 0 Å². The molecular weight excluding hydrogens is 811 g/mol. The lowest BCUT2D eigenvalue weighted by Gasteiger charge is -2.09. The zero-order valence-corrected chi connectivity index (χ0v) is 33.6. The van der Waals surface area contributed by atoms with Crippen molar-refractivity contribution in [1.29, 1.82) is 0 Å². The van der Waals surface area contributed by atoms with Crippen LogP contribution < -0.4 is 4.74 Å². The van der Waals surface area contributed by atoms with Crippen LogP contribution in [-0.4, -0.2) is 191 Å². The second kappa shape index (κ2) is 39.4. The van der Waals surface area contributed by atoms with Gasteiger partial charge in [-0.2, -0.15) is 8.78 Å². The molecule has 17 nitrogen and oxygen atoms in total. The van der Waals surface area contributed by atoms with Crippen molar-refractivity contribution in [3.63, 3.8) is 0 Å². The van der Waals surface area contributed by atoms with Crippen LogP contribution in [0.15, 0.2) is 0 Å². The van der Waals surface area contributed by atoms with Gasteiger partial charge in [-0.15, -0.1) is 0 Å². The summed E-state index contributed by atoms with van der Waals surface area (Å²) >= 11 is 0. The van der Waals surface area contributed by atoms with Crippen LogP contribution in [0.2, 0.25) is 0 Å². The number of rotatable bonds is 43. The molecule has 0 unspecified atom stereocenters. The van der Waals surface area contributed by atoms with E-state index in [-0.39, 0.29) is 38.8 Å². The van der Waals surface area contributed by atoms with Gasteiger partial charge in [0, 0.05) is 0 Å². The van der Waals surface area contributed by atoms with Crippen LogP contribution >= 0.6 is 0 Å². The Balaban J connectivity index is 1.69. The van der Waals surface area contributed by atoms with Crippen molar-refractivity contribution < 1.29 is 103 Å². The Hall–Kier alpha value is -2.71. The fraction of sp³-hybridized carbons (Fsp3) is 0.784. The lowest BCUT2D eigenvalue weighted by Crippen LogP contribution is -2.16. The predicted molar refractivity (Wildman–Crippen MR) is 194 cm³/mol. The number of esters is 2. The zero-order chi connectivity index (χ0) is 43.0. The van der Waals surface area contributed by atoms with Gasteiger partial charge in [0.05, 0.1) is 192 Å². The summed E-state index contributed by atoms with van der Waals surface area (Å²) < 4.78 is 145. The fourth-order valence-electron chi connectivity index (χ4n) is 3.99. The molecule has 0 saturated heterocycles. The van der Waals surface area contributed by atoms with Gasteiger partial charge in [-0.1, -0.05) is 0 Å². The third-order valence-corrected chi connectivity index (χ3v) is 6.98. The summed E-state index contributed by atoms with van der Waals surface area (Å²) in [5.74, 6) is -14.5. The van der Waals surface area contributed by atoms with Gasteiger partial charge in [0.1, 0.15) is 0 Å². The van der Waals surface area contributed by atoms with Gasteiger partial charge in [0.2, 0.25) is 34.8 Å². The maximum absolute atomic E-state index is 13.6. The number of hydrogen-bond donors (Lipinski definition) is 0. The van der Waals surface area contributed by atoms with Gasteiger partial charge in [-0.05, 0) is 0 Å². The first kappa shape index (κ1) is 54.3. The standard InChI is InChI=1S/C37H59F5O17/c1-45-30(43)2-4-46-6-8-48-10-12-50-14-16-52-18-20-54-22-24-56-26-28-58-29-27-57-25-23-55-21-19-53-17-15-51-13-11-49-9-7-47-5-3-31(44)59-37-35(41)33(39)32(38)34(40)36(37)42/h2-29H2,1H3. The van der Waals surface area contributed by atoms with Gasteiger partial charge in [0.25, 0.3) is 0 Å². The number of benzene rings is 1. The van der Waals surface area contributed by atoms with E-state index in [2.05, 4.69) is 9.47 Å². The van der Waals surface area contributed by atoms with E-state index in [1.807, 2.05) is 0 Å². The van der Waals surface area contributed by atoms with E-state index in [9.17, 15) is 31.5 Å². The molecule has 0 aliphatic carbocycles. The first-order chi connectivity index (χ1) is 28.8. The highest BCUT2D eigenvalue weighted by Gasteiger charge is 2.28. The summed E-state index contributed by atoms with van der Waals surface area (Å²) in [6.45, 7) is 9.46. The number of halogens is 5. The molecule has 0 N–H and O–H groups in total. The minimum atomic E-state index is -2.35. The minimum Gasteiger partial charge on any atom is -0.469 e. The summed E-state index contributed by atoms with van der Waals surface area (Å²) in [6.07, 6.45) is -0.268. The Morgan fingerprint density at radius 2 is 0.492 bits per heavy atom. The second-order valence-electron chi connectivity index (χ2n) is 11.4. The van der Waals surface area contributed by atoms with Crippen molar-refractivity contribution in [1.82, 2.24) is 0 Å². The largest absolute Gasteiger partial charge is 0.469 e. The highest BCUT2D eigenvalue weighted by atomic mass is 19.2. The number of carbonyl (C=O) groups excluding carboxylic acids is 2. The summed E-state index contributed by atoms with van der Waals surface area (Å²) in [6, 6.07) is 0. The first-order valence-electron chi connectivity index (χ1n) is 19.1. The molecule has 59 heavy (non-hydrogen) atoms. The van der Waals surface area contributed by atoms with Gasteiger partial charge in [0.15, 0.2) is 0 Å². The van der Waals surface area contributed by atoms with Crippen LogP contribution in [0, 0.1) is 29.1 Å². The zero-order valence-electron chi connectivity index (χ0n) is 33.6. The Kier molecular flexibility index (Phi) is 36.3. The smallest absolute Gasteiger partial charge is 0.313 e. The summed E-state index contributed by atoms with van der Waals surface area (Å²) in [4.78, 5) is 22.6. The number of methoxy groups -OCH3 is 1. The van der Waals surface area contributed by atoms with Gasteiger partial charge < -0.3 is 71.1 Å². The number of ether oxygens (including phenoxy) is 15. The average molecular weight is 871 g/mol. The maximum Gasteiger partial charge on any atom is 0.313 e. The van der Waals surface area contributed by atoms with E-state index >= 15 is 0 Å². The van der Waals surface area contributed by atoms with Crippen molar-refractivity contribution in [2.75, 3.05) is 179 Å². The van der Waals surface area contributed by atoms with E-state index in [1.54, 1.807) is 0 Å². The highest BCUT2D eigenvalue weighted by molar-refractivity contribution is 5.72. The molecule has 1 aromatic carbocycles. The SMILES string of the molecule is COC(=O)CCOCCOCCOCCOCCOCCOCCOCCOCCOCCOCCOCCOCCOCCC(=O)Oc1c(F)c(F)c(F)c(F)c1F. The lowest BCUT2D eigenvalue weighted by atomic mass is 10.2. The van der Waals surface area contributed by atoms with Crippen molar-refractivity contribution in [2.45, 2.75) is 12.8 Å². The summed E-state index contributed by atoms with van der Waals surface area (Å²) in [7, 11) is 1.34. The molecule has 0 aliphatic rings.